The van der Waals surface area contributed by atoms with Crippen LogP contribution in [-0.4, -0.2) is 60.1 Å². The van der Waals surface area contributed by atoms with E-state index in [0.717, 1.165) is 12.8 Å². The number of nitrogens with zero attached hydrogens (tertiary/aromatic N) is 5. The average Bonchev–Trinajstić information content (AvgIpc) is 2.41. The van der Waals surface area contributed by atoms with Gasteiger partial charge >= 0.3 is 5.69 Å². The zero-order valence-corrected chi connectivity index (χ0v) is 13.0. The van der Waals surface area contributed by atoms with Crippen LogP contribution in [0.3, 0.4) is 0 Å². The van der Waals surface area contributed by atoms with Crippen molar-refractivity contribution in [2.24, 2.45) is 0 Å². The average molecular weight is 294 g/mol. The van der Waals surface area contributed by atoms with E-state index < -0.39 is 4.92 Å². The van der Waals surface area contributed by atoms with Gasteiger partial charge in [0.2, 0.25) is 11.8 Å². The van der Waals surface area contributed by atoms with Crippen LogP contribution in [0.1, 0.15) is 19.3 Å². The molecule has 8 heteroatoms. The van der Waals surface area contributed by atoms with E-state index in [1.165, 1.54) is 12.6 Å². The molecule has 1 fully saturated rings. The summed E-state index contributed by atoms with van der Waals surface area (Å²) in [6, 6.07) is 0. The Kier molecular flexibility index (Phi) is 4.26. The highest BCUT2D eigenvalue weighted by Crippen LogP contribution is 2.38. The maximum Gasteiger partial charge on any atom is 0.329 e. The molecule has 116 valence electrons. The highest BCUT2D eigenvalue weighted by atomic mass is 16.6. The molecule has 1 aromatic heterocycles. The third kappa shape index (κ3) is 2.90. The van der Waals surface area contributed by atoms with Crippen molar-refractivity contribution in [3.63, 3.8) is 0 Å². The summed E-state index contributed by atoms with van der Waals surface area (Å²) in [5.74, 6) is 0.738. The van der Waals surface area contributed by atoms with Crippen LogP contribution in [0, 0.1) is 10.1 Å². The predicted molar refractivity (Wildman–Crippen MR) is 81.8 cm³/mol. The van der Waals surface area contributed by atoms with Gasteiger partial charge in [-0.1, -0.05) is 0 Å². The summed E-state index contributed by atoms with van der Waals surface area (Å²) in [6.07, 6.45) is 4.65. The minimum Gasteiger partial charge on any atom is -0.357 e. The molecule has 8 nitrogen and oxygen atoms in total. The van der Waals surface area contributed by atoms with Gasteiger partial charge < -0.3 is 15.1 Å². The van der Waals surface area contributed by atoms with Crippen LogP contribution in [0.4, 0.5) is 17.5 Å². The van der Waals surface area contributed by atoms with Gasteiger partial charge in [0, 0.05) is 26.2 Å². The fourth-order valence-electron chi connectivity index (χ4n) is 2.74. The van der Waals surface area contributed by atoms with E-state index in [9.17, 15) is 10.1 Å². The number of hydrogen-bond donors (Lipinski definition) is 1. The van der Waals surface area contributed by atoms with Gasteiger partial charge in [-0.3, -0.25) is 10.1 Å². The van der Waals surface area contributed by atoms with Crippen LogP contribution in [0.15, 0.2) is 6.20 Å². The summed E-state index contributed by atoms with van der Waals surface area (Å²) >= 11 is 0. The molecule has 1 heterocycles. The van der Waals surface area contributed by atoms with Crippen molar-refractivity contribution in [1.82, 2.24) is 14.9 Å². The first-order valence-corrected chi connectivity index (χ1v) is 6.97. The first-order valence-electron chi connectivity index (χ1n) is 6.97. The third-order valence-electron chi connectivity index (χ3n) is 4.30. The smallest absolute Gasteiger partial charge is 0.329 e. The molecule has 0 spiro atoms. The number of aromatic nitrogens is 2. The van der Waals surface area contributed by atoms with Crippen LogP contribution in [-0.2, 0) is 0 Å². The van der Waals surface area contributed by atoms with Crippen molar-refractivity contribution >= 4 is 17.5 Å². The second-order valence-electron chi connectivity index (χ2n) is 5.74. The van der Waals surface area contributed by atoms with Crippen LogP contribution < -0.4 is 10.2 Å². The normalized spacial score (nSPS) is 16.4. The quantitative estimate of drug-likeness (QED) is 0.626. The molecule has 0 radical (unpaired) electrons. The summed E-state index contributed by atoms with van der Waals surface area (Å²) in [6.45, 7) is 0.709. The molecule has 1 saturated carbocycles. The van der Waals surface area contributed by atoms with Gasteiger partial charge in [0.1, 0.15) is 6.20 Å². The number of likely N-dealkylation sites (N-methyl/N-ethyl adjacent to an activating group) is 2. The summed E-state index contributed by atoms with van der Waals surface area (Å²) in [7, 11) is 7.65. The van der Waals surface area contributed by atoms with E-state index >= 15 is 0 Å². The molecule has 0 bridgehead atoms. The molecule has 0 atom stereocenters. The first kappa shape index (κ1) is 15.4. The fraction of sp³-hybridized carbons (Fsp3) is 0.692. The second-order valence-corrected chi connectivity index (χ2v) is 5.74. The Bertz CT molecular complexity index is 529. The van der Waals surface area contributed by atoms with E-state index in [0.29, 0.717) is 18.3 Å². The van der Waals surface area contributed by atoms with Crippen LogP contribution in [0.2, 0.25) is 0 Å². The maximum atomic E-state index is 11.2. The Balaban J connectivity index is 2.29. The zero-order valence-electron chi connectivity index (χ0n) is 13.0. The topological polar surface area (TPSA) is 87.4 Å². The Morgan fingerprint density at radius 1 is 1.43 bits per heavy atom. The zero-order chi connectivity index (χ0) is 15.6. The van der Waals surface area contributed by atoms with Crippen molar-refractivity contribution in [1.29, 1.82) is 0 Å². The molecule has 0 amide bonds. The first-order chi connectivity index (χ1) is 9.89. The molecule has 1 aliphatic rings. The highest BCUT2D eigenvalue weighted by molar-refractivity contribution is 5.58. The van der Waals surface area contributed by atoms with E-state index in [2.05, 4.69) is 34.3 Å². The van der Waals surface area contributed by atoms with Gasteiger partial charge in [-0.15, -0.1) is 0 Å². The van der Waals surface area contributed by atoms with Gasteiger partial charge in [-0.2, -0.15) is 4.98 Å². The maximum absolute atomic E-state index is 11.2. The van der Waals surface area contributed by atoms with Crippen LogP contribution in [0.25, 0.3) is 0 Å². The van der Waals surface area contributed by atoms with Crippen molar-refractivity contribution in [3.8, 4) is 0 Å². The minimum absolute atomic E-state index is 0.0651. The molecule has 0 aromatic carbocycles. The molecule has 21 heavy (non-hydrogen) atoms. The molecule has 0 aliphatic heterocycles. The molecular weight excluding hydrogens is 272 g/mol. The summed E-state index contributed by atoms with van der Waals surface area (Å²) < 4.78 is 0. The molecule has 1 N–H and O–H groups in total. The summed E-state index contributed by atoms with van der Waals surface area (Å²) in [5, 5.41) is 14.0. The van der Waals surface area contributed by atoms with E-state index in [1.54, 1.807) is 7.05 Å². The Labute approximate surface area is 124 Å². The third-order valence-corrected chi connectivity index (χ3v) is 4.30. The number of hydrogen-bond acceptors (Lipinski definition) is 7. The number of anilines is 2. The number of rotatable bonds is 6. The summed E-state index contributed by atoms with van der Waals surface area (Å²) in [4.78, 5) is 23.0. The van der Waals surface area contributed by atoms with E-state index in [4.69, 9.17) is 0 Å². The van der Waals surface area contributed by atoms with Crippen molar-refractivity contribution in [2.75, 3.05) is 45.0 Å². The van der Waals surface area contributed by atoms with Gasteiger partial charge in [-0.05, 0) is 33.4 Å². The number of nitro groups is 1. The lowest BCUT2D eigenvalue weighted by molar-refractivity contribution is -0.384. The lowest BCUT2D eigenvalue weighted by atomic mass is 9.75. The molecule has 2 rings (SSSR count). The van der Waals surface area contributed by atoms with Crippen LogP contribution >= 0.6 is 0 Å². The van der Waals surface area contributed by atoms with Crippen LogP contribution in [0.5, 0.6) is 0 Å². The monoisotopic (exact) mass is 294 g/mol. The Hall–Kier alpha value is -1.96. The number of nitrogens with one attached hydrogen (secondary N) is 1. The predicted octanol–water partition coefficient (Wildman–Crippen LogP) is 1.35. The Morgan fingerprint density at radius 2 is 2.10 bits per heavy atom. The molecule has 1 aliphatic carbocycles. The molecular formula is C13H22N6O2. The fourth-order valence-corrected chi connectivity index (χ4v) is 2.74. The minimum atomic E-state index is -0.436. The molecule has 1 aromatic rings. The highest BCUT2D eigenvalue weighted by Gasteiger charge is 2.41. The SMILES string of the molecule is CNc1ncc([N+](=O)[O-])c(N(C)CC2(N(C)C)CCC2)n1. The summed E-state index contributed by atoms with van der Waals surface area (Å²) in [5.41, 5.74) is 0.0117. The molecule has 0 unspecified atom stereocenters. The van der Waals surface area contributed by atoms with Gasteiger partial charge in [0.15, 0.2) is 0 Å². The van der Waals surface area contributed by atoms with Crippen molar-refractivity contribution in [2.45, 2.75) is 24.8 Å². The van der Waals surface area contributed by atoms with Gasteiger partial charge in [0.05, 0.1) is 4.92 Å². The van der Waals surface area contributed by atoms with E-state index in [1.807, 2.05) is 11.9 Å². The lowest BCUT2D eigenvalue weighted by Crippen LogP contribution is -2.57. The lowest BCUT2D eigenvalue weighted by Gasteiger charge is -2.49. The van der Waals surface area contributed by atoms with Gasteiger partial charge in [0.25, 0.3) is 0 Å². The Morgan fingerprint density at radius 3 is 2.52 bits per heavy atom. The largest absolute Gasteiger partial charge is 0.357 e. The van der Waals surface area contributed by atoms with E-state index in [-0.39, 0.29) is 11.2 Å². The standard InChI is InChI=1S/C13H22N6O2/c1-14-12-15-8-10(19(20)21)11(16-12)18(4)9-13(17(2)3)6-5-7-13/h8H,5-7,9H2,1-4H3,(H,14,15,16). The molecule has 0 saturated heterocycles. The van der Waals surface area contributed by atoms with Crippen molar-refractivity contribution in [3.05, 3.63) is 16.3 Å². The van der Waals surface area contributed by atoms with Gasteiger partial charge in [-0.25, -0.2) is 4.98 Å². The second kappa shape index (κ2) is 5.80. The van der Waals surface area contributed by atoms with Crippen molar-refractivity contribution < 1.29 is 4.92 Å².